The average molecular weight is 593 g/mol. The molecule has 4 aliphatic rings. The Labute approximate surface area is 254 Å². The lowest BCUT2D eigenvalue weighted by Crippen LogP contribution is -2.51. The number of hydrogen-bond donors (Lipinski definition) is 0. The summed E-state index contributed by atoms with van der Waals surface area (Å²) in [5.41, 5.74) is 2.72. The van der Waals surface area contributed by atoms with Gasteiger partial charge in [0, 0.05) is 6.61 Å². The minimum atomic E-state index is -3.29. The van der Waals surface area contributed by atoms with Gasteiger partial charge in [0.05, 0.1) is 19.0 Å². The lowest BCUT2D eigenvalue weighted by Gasteiger charge is -2.58. The molecular formula is C36H64O4S. The summed E-state index contributed by atoms with van der Waals surface area (Å²) in [5, 5.41) is 0. The molecule has 0 aromatic rings. The van der Waals surface area contributed by atoms with Gasteiger partial charge in [-0.25, -0.2) is 0 Å². The Balaban J connectivity index is 1.20. The van der Waals surface area contributed by atoms with E-state index in [4.69, 9.17) is 8.92 Å². The smallest absolute Gasteiger partial charge is 0.264 e. The molecule has 0 aromatic carbocycles. The van der Waals surface area contributed by atoms with E-state index in [-0.39, 0.29) is 0 Å². The summed E-state index contributed by atoms with van der Waals surface area (Å²) >= 11 is 0. The highest BCUT2D eigenvalue weighted by atomic mass is 32.2. The van der Waals surface area contributed by atoms with Crippen LogP contribution in [-0.4, -0.2) is 34.0 Å². The Kier molecular flexibility index (Phi) is 11.9. The van der Waals surface area contributed by atoms with E-state index >= 15 is 0 Å². The molecule has 4 nitrogen and oxygen atoms in total. The van der Waals surface area contributed by atoms with E-state index in [9.17, 15) is 8.42 Å². The van der Waals surface area contributed by atoms with E-state index in [1.165, 1.54) is 77.0 Å². The third-order valence-electron chi connectivity index (χ3n) is 12.4. The number of ether oxygens (including phenoxy) is 1. The van der Waals surface area contributed by atoms with Crippen molar-refractivity contribution in [3.05, 3.63) is 11.6 Å². The second-order valence-electron chi connectivity index (χ2n) is 15.7. The second kappa shape index (κ2) is 14.6. The zero-order valence-corrected chi connectivity index (χ0v) is 28.4. The highest BCUT2D eigenvalue weighted by molar-refractivity contribution is 7.85. The fraction of sp³-hybridized carbons (Fsp3) is 0.944. The van der Waals surface area contributed by atoms with Crippen LogP contribution in [0.15, 0.2) is 11.6 Å². The van der Waals surface area contributed by atoms with Gasteiger partial charge in [-0.05, 0) is 111 Å². The fourth-order valence-corrected chi connectivity index (χ4v) is 10.6. The molecule has 3 fully saturated rings. The van der Waals surface area contributed by atoms with Crippen molar-refractivity contribution in [3.63, 3.8) is 0 Å². The van der Waals surface area contributed by atoms with Crippen LogP contribution in [0.3, 0.4) is 0 Å². The SMILES string of the molecule is CC(C)CCC[C@@H](C)[C@H]1CCC2C3CC=C4C[C@@H](OCCCCCCCCOS(C)(=O)=O)CC[C@]4(C)C3CC[C@@]21C. The first kappa shape index (κ1) is 33.5. The van der Waals surface area contributed by atoms with Gasteiger partial charge in [-0.15, -0.1) is 0 Å². The lowest BCUT2D eigenvalue weighted by molar-refractivity contribution is -0.0641. The van der Waals surface area contributed by atoms with Gasteiger partial charge < -0.3 is 4.74 Å². The molecule has 0 spiro atoms. The standard InChI is InChI=1S/C36H64O4S/c1-27(2)14-13-15-28(3)32-18-19-33-31-17-16-29-26-30(20-22-35(29,4)34(31)21-23-36(32,33)5)39-24-11-9-7-8-10-12-25-40-41(6,37)38/h16,27-28,30-34H,7-15,17-26H2,1-6H3/t28-,30+,31?,32-,33?,34?,35+,36-/m1/s1. The van der Waals surface area contributed by atoms with Gasteiger partial charge in [0.1, 0.15) is 0 Å². The van der Waals surface area contributed by atoms with Crippen molar-refractivity contribution in [3.8, 4) is 0 Å². The maximum Gasteiger partial charge on any atom is 0.264 e. The van der Waals surface area contributed by atoms with Crippen LogP contribution in [0.1, 0.15) is 144 Å². The van der Waals surface area contributed by atoms with Crippen molar-refractivity contribution in [1.82, 2.24) is 0 Å². The maximum absolute atomic E-state index is 11.0. The van der Waals surface area contributed by atoms with E-state index in [0.717, 1.165) is 80.5 Å². The van der Waals surface area contributed by atoms with Crippen molar-refractivity contribution in [1.29, 1.82) is 0 Å². The van der Waals surface area contributed by atoms with E-state index in [0.29, 0.717) is 23.5 Å². The van der Waals surface area contributed by atoms with Crippen molar-refractivity contribution < 1.29 is 17.3 Å². The minimum absolute atomic E-state index is 0.318. The predicted molar refractivity (Wildman–Crippen MR) is 171 cm³/mol. The van der Waals surface area contributed by atoms with Crippen molar-refractivity contribution >= 4 is 10.1 Å². The van der Waals surface area contributed by atoms with Gasteiger partial charge in [0.2, 0.25) is 0 Å². The summed E-state index contributed by atoms with van der Waals surface area (Å²) in [6.07, 6.45) is 25.9. The van der Waals surface area contributed by atoms with Gasteiger partial charge in [-0.3, -0.25) is 4.18 Å². The van der Waals surface area contributed by atoms with Gasteiger partial charge >= 0.3 is 0 Å². The number of rotatable bonds is 16. The summed E-state index contributed by atoms with van der Waals surface area (Å²) in [7, 11) is -3.29. The summed E-state index contributed by atoms with van der Waals surface area (Å²) in [6.45, 7) is 13.9. The van der Waals surface area contributed by atoms with Crippen LogP contribution >= 0.6 is 0 Å². The first-order valence-electron chi connectivity index (χ1n) is 17.6. The van der Waals surface area contributed by atoms with Crippen LogP contribution in [0.2, 0.25) is 0 Å². The Morgan fingerprint density at radius 3 is 2.27 bits per heavy atom. The first-order chi connectivity index (χ1) is 19.4. The Morgan fingerprint density at radius 1 is 0.854 bits per heavy atom. The van der Waals surface area contributed by atoms with E-state index in [2.05, 4.69) is 40.7 Å². The predicted octanol–water partition coefficient (Wildman–Crippen LogP) is 9.73. The molecule has 0 aliphatic heterocycles. The molecule has 238 valence electrons. The third-order valence-corrected chi connectivity index (χ3v) is 13.0. The summed E-state index contributed by atoms with van der Waals surface area (Å²) in [6, 6.07) is 0. The molecule has 0 amide bonds. The van der Waals surface area contributed by atoms with Crippen LogP contribution in [0.5, 0.6) is 0 Å². The number of fused-ring (bicyclic) bond motifs is 5. The topological polar surface area (TPSA) is 52.6 Å². The second-order valence-corrected chi connectivity index (χ2v) is 17.3. The largest absolute Gasteiger partial charge is 0.378 e. The molecule has 0 saturated heterocycles. The monoisotopic (exact) mass is 592 g/mol. The Morgan fingerprint density at radius 2 is 1.56 bits per heavy atom. The van der Waals surface area contributed by atoms with E-state index < -0.39 is 10.1 Å². The Bertz CT molecular complexity index is 957. The quantitative estimate of drug-likeness (QED) is 0.102. The van der Waals surface area contributed by atoms with Gasteiger partial charge in [0.15, 0.2) is 0 Å². The molecule has 8 atom stereocenters. The average Bonchev–Trinajstić information content (AvgIpc) is 3.26. The third kappa shape index (κ3) is 8.41. The molecule has 0 bridgehead atoms. The number of unbranched alkanes of at least 4 members (excludes halogenated alkanes) is 5. The first-order valence-corrected chi connectivity index (χ1v) is 19.4. The minimum Gasteiger partial charge on any atom is -0.378 e. The van der Waals surface area contributed by atoms with Crippen LogP contribution in [0, 0.1) is 46.3 Å². The molecular weight excluding hydrogens is 528 g/mol. The normalized spacial score (nSPS) is 36.0. The van der Waals surface area contributed by atoms with E-state index in [1.807, 2.05) is 0 Å². The van der Waals surface area contributed by atoms with Crippen molar-refractivity contribution in [2.75, 3.05) is 19.5 Å². The molecule has 3 unspecified atom stereocenters. The lowest BCUT2D eigenvalue weighted by atomic mass is 9.47. The number of allylic oxidation sites excluding steroid dienone is 1. The highest BCUT2D eigenvalue weighted by Gasteiger charge is 2.59. The molecule has 41 heavy (non-hydrogen) atoms. The summed E-state index contributed by atoms with van der Waals surface area (Å²) in [5.74, 6) is 5.41. The zero-order chi connectivity index (χ0) is 29.7. The highest BCUT2D eigenvalue weighted by Crippen LogP contribution is 2.67. The molecule has 0 heterocycles. The van der Waals surface area contributed by atoms with Crippen molar-refractivity contribution in [2.24, 2.45) is 46.3 Å². The van der Waals surface area contributed by atoms with Crippen LogP contribution in [0.25, 0.3) is 0 Å². The molecule has 4 rings (SSSR count). The molecule has 4 aliphatic carbocycles. The molecule has 0 radical (unpaired) electrons. The molecule has 0 aromatic heterocycles. The molecule has 0 N–H and O–H groups in total. The van der Waals surface area contributed by atoms with Crippen LogP contribution in [-0.2, 0) is 19.0 Å². The molecule has 3 saturated carbocycles. The number of hydrogen-bond acceptors (Lipinski definition) is 4. The Hall–Kier alpha value is -0.390. The van der Waals surface area contributed by atoms with E-state index in [1.54, 1.807) is 5.57 Å². The van der Waals surface area contributed by atoms with Gasteiger partial charge in [-0.1, -0.05) is 91.2 Å². The van der Waals surface area contributed by atoms with Crippen molar-refractivity contribution in [2.45, 2.75) is 150 Å². The van der Waals surface area contributed by atoms with Crippen LogP contribution < -0.4 is 0 Å². The summed E-state index contributed by atoms with van der Waals surface area (Å²) < 4.78 is 33.3. The zero-order valence-electron chi connectivity index (χ0n) is 27.6. The van der Waals surface area contributed by atoms with Gasteiger partial charge in [-0.2, -0.15) is 8.42 Å². The fourth-order valence-electron chi connectivity index (χ4n) is 10.2. The van der Waals surface area contributed by atoms with Crippen LogP contribution in [0.4, 0.5) is 0 Å². The van der Waals surface area contributed by atoms with Gasteiger partial charge in [0.25, 0.3) is 10.1 Å². The molecule has 5 heteroatoms. The summed E-state index contributed by atoms with van der Waals surface area (Å²) in [4.78, 5) is 0. The maximum atomic E-state index is 11.0.